The van der Waals surface area contributed by atoms with Crippen LogP contribution in [0.4, 0.5) is 0 Å². The van der Waals surface area contributed by atoms with Crippen molar-refractivity contribution < 1.29 is 4.79 Å². The second kappa shape index (κ2) is 5.07. The van der Waals surface area contributed by atoms with Gasteiger partial charge in [-0.3, -0.25) is 14.6 Å². The van der Waals surface area contributed by atoms with Crippen molar-refractivity contribution in [2.75, 3.05) is 26.7 Å². The monoisotopic (exact) mass is 238 g/mol. The van der Waals surface area contributed by atoms with Crippen LogP contribution >= 0.6 is 0 Å². The second-order valence-electron chi connectivity index (χ2n) is 6.29. The lowest BCUT2D eigenvalue weighted by atomic mass is 9.96. The average Bonchev–Trinajstić information content (AvgIpc) is 2.47. The maximum Gasteiger partial charge on any atom is 0.149 e. The summed E-state index contributed by atoms with van der Waals surface area (Å²) < 4.78 is 0. The minimum absolute atomic E-state index is 0.199. The van der Waals surface area contributed by atoms with Crippen LogP contribution in [-0.4, -0.2) is 53.8 Å². The van der Waals surface area contributed by atoms with E-state index in [1.54, 1.807) is 0 Å². The Labute approximate surface area is 105 Å². The number of hydrogen-bond donors (Lipinski definition) is 0. The maximum atomic E-state index is 12.2. The SMILES string of the molecule is CN1CCN(C2CCCCCC2=O)CC1(C)C. The van der Waals surface area contributed by atoms with Gasteiger partial charge in [0.05, 0.1) is 6.04 Å². The molecule has 1 aliphatic carbocycles. The molecule has 3 nitrogen and oxygen atoms in total. The second-order valence-corrected chi connectivity index (χ2v) is 6.29. The zero-order valence-electron chi connectivity index (χ0n) is 11.5. The molecule has 0 aromatic heterocycles. The molecule has 1 unspecified atom stereocenters. The van der Waals surface area contributed by atoms with Gasteiger partial charge in [0.2, 0.25) is 0 Å². The summed E-state index contributed by atoms with van der Waals surface area (Å²) in [5.74, 6) is 0.489. The number of carbonyl (C=O) groups is 1. The summed E-state index contributed by atoms with van der Waals surface area (Å²) >= 11 is 0. The van der Waals surface area contributed by atoms with Gasteiger partial charge in [-0.25, -0.2) is 0 Å². The Morgan fingerprint density at radius 3 is 2.65 bits per heavy atom. The van der Waals surface area contributed by atoms with Gasteiger partial charge in [0.1, 0.15) is 5.78 Å². The van der Waals surface area contributed by atoms with Gasteiger partial charge in [-0.1, -0.05) is 12.8 Å². The van der Waals surface area contributed by atoms with Crippen LogP contribution < -0.4 is 0 Å². The van der Waals surface area contributed by atoms with E-state index in [9.17, 15) is 4.79 Å². The van der Waals surface area contributed by atoms with Gasteiger partial charge in [0.15, 0.2) is 0 Å². The molecule has 1 atom stereocenters. The van der Waals surface area contributed by atoms with E-state index in [1.807, 2.05) is 0 Å². The number of rotatable bonds is 1. The number of carbonyl (C=O) groups excluding carboxylic acids is 1. The summed E-state index contributed by atoms with van der Waals surface area (Å²) in [6.45, 7) is 7.72. The number of nitrogens with zero attached hydrogens (tertiary/aromatic N) is 2. The van der Waals surface area contributed by atoms with Crippen molar-refractivity contribution in [3.63, 3.8) is 0 Å². The third-order valence-corrected chi connectivity index (χ3v) is 4.56. The number of hydrogen-bond acceptors (Lipinski definition) is 3. The summed E-state index contributed by atoms with van der Waals surface area (Å²) in [5.41, 5.74) is 0.199. The highest BCUT2D eigenvalue weighted by atomic mass is 16.1. The van der Waals surface area contributed by atoms with E-state index in [-0.39, 0.29) is 11.6 Å². The Morgan fingerprint density at radius 1 is 1.18 bits per heavy atom. The molecule has 2 fully saturated rings. The Bertz CT molecular complexity index is 288. The number of likely N-dealkylation sites (N-methyl/N-ethyl adjacent to an activating group) is 1. The molecule has 0 N–H and O–H groups in total. The molecule has 0 spiro atoms. The summed E-state index contributed by atoms with van der Waals surface area (Å²) in [4.78, 5) is 17.0. The molecule has 3 heteroatoms. The minimum atomic E-state index is 0.199. The number of Topliss-reactive ketones (excluding diaryl/α,β-unsaturated/α-hetero) is 1. The fourth-order valence-electron chi connectivity index (χ4n) is 3.07. The Balaban J connectivity index is 2.04. The van der Waals surface area contributed by atoms with Crippen LogP contribution in [0.3, 0.4) is 0 Å². The quantitative estimate of drug-likeness (QED) is 0.652. The first-order chi connectivity index (χ1) is 8.00. The summed E-state index contributed by atoms with van der Waals surface area (Å²) in [7, 11) is 2.19. The van der Waals surface area contributed by atoms with E-state index in [0.717, 1.165) is 38.9 Å². The van der Waals surface area contributed by atoms with E-state index >= 15 is 0 Å². The van der Waals surface area contributed by atoms with Crippen molar-refractivity contribution in [1.29, 1.82) is 0 Å². The molecule has 1 aliphatic heterocycles. The van der Waals surface area contributed by atoms with Crippen LogP contribution in [0.2, 0.25) is 0 Å². The zero-order chi connectivity index (χ0) is 12.5. The van der Waals surface area contributed by atoms with Crippen molar-refractivity contribution in [3.8, 4) is 0 Å². The van der Waals surface area contributed by atoms with Crippen LogP contribution in [0, 0.1) is 0 Å². The Hall–Kier alpha value is -0.410. The third-order valence-electron chi connectivity index (χ3n) is 4.56. The molecule has 0 bridgehead atoms. The highest BCUT2D eigenvalue weighted by molar-refractivity contribution is 5.84. The fourth-order valence-corrected chi connectivity index (χ4v) is 3.07. The number of ketones is 1. The Kier molecular flexibility index (Phi) is 3.88. The third kappa shape index (κ3) is 2.89. The summed E-state index contributed by atoms with van der Waals surface area (Å²) in [6.07, 6.45) is 5.45. The van der Waals surface area contributed by atoms with Crippen LogP contribution in [0.15, 0.2) is 0 Å². The van der Waals surface area contributed by atoms with E-state index < -0.39 is 0 Å². The molecular weight excluding hydrogens is 212 g/mol. The predicted molar refractivity (Wildman–Crippen MR) is 70.2 cm³/mol. The van der Waals surface area contributed by atoms with Gasteiger partial charge in [-0.15, -0.1) is 0 Å². The molecule has 1 saturated heterocycles. The van der Waals surface area contributed by atoms with Gasteiger partial charge < -0.3 is 0 Å². The lowest BCUT2D eigenvalue weighted by Gasteiger charge is -2.47. The van der Waals surface area contributed by atoms with Crippen LogP contribution in [0.25, 0.3) is 0 Å². The van der Waals surface area contributed by atoms with Crippen molar-refractivity contribution in [2.24, 2.45) is 0 Å². The van der Waals surface area contributed by atoms with Crippen LogP contribution in [-0.2, 0) is 4.79 Å². The Morgan fingerprint density at radius 2 is 1.94 bits per heavy atom. The molecule has 0 radical (unpaired) electrons. The van der Waals surface area contributed by atoms with E-state index in [0.29, 0.717) is 5.78 Å². The van der Waals surface area contributed by atoms with E-state index in [4.69, 9.17) is 0 Å². The van der Waals surface area contributed by atoms with Gasteiger partial charge >= 0.3 is 0 Å². The average molecular weight is 238 g/mol. The van der Waals surface area contributed by atoms with Crippen molar-refractivity contribution in [1.82, 2.24) is 9.80 Å². The van der Waals surface area contributed by atoms with Crippen LogP contribution in [0.1, 0.15) is 46.0 Å². The minimum Gasteiger partial charge on any atom is -0.299 e. The van der Waals surface area contributed by atoms with Crippen LogP contribution in [0.5, 0.6) is 0 Å². The summed E-state index contributed by atoms with van der Waals surface area (Å²) in [6, 6.07) is 0.213. The molecule has 98 valence electrons. The highest BCUT2D eigenvalue weighted by Gasteiger charge is 2.36. The number of piperazine rings is 1. The highest BCUT2D eigenvalue weighted by Crippen LogP contribution is 2.25. The molecule has 1 saturated carbocycles. The molecule has 0 aromatic rings. The molecule has 2 aliphatic rings. The molecule has 0 aromatic carbocycles. The van der Waals surface area contributed by atoms with Gasteiger partial charge in [0, 0.05) is 31.6 Å². The first-order valence-corrected chi connectivity index (χ1v) is 6.99. The lowest BCUT2D eigenvalue weighted by Crippen LogP contribution is -2.60. The van der Waals surface area contributed by atoms with Crippen molar-refractivity contribution in [2.45, 2.75) is 57.5 Å². The molecular formula is C14H26N2O. The topological polar surface area (TPSA) is 23.6 Å². The molecule has 1 heterocycles. The molecule has 2 rings (SSSR count). The molecule has 17 heavy (non-hydrogen) atoms. The smallest absolute Gasteiger partial charge is 0.149 e. The van der Waals surface area contributed by atoms with Crippen molar-refractivity contribution in [3.05, 3.63) is 0 Å². The van der Waals surface area contributed by atoms with Gasteiger partial charge in [-0.2, -0.15) is 0 Å². The lowest BCUT2D eigenvalue weighted by molar-refractivity contribution is -0.126. The molecule has 0 amide bonds. The standard InChI is InChI=1S/C14H26N2O/c1-14(2)11-16(10-9-15(14)3)12-7-5-4-6-8-13(12)17/h12H,4-11H2,1-3H3. The van der Waals surface area contributed by atoms with Crippen molar-refractivity contribution >= 4 is 5.78 Å². The fraction of sp³-hybridized carbons (Fsp3) is 0.929. The first kappa shape index (κ1) is 13.0. The van der Waals surface area contributed by atoms with Gasteiger partial charge in [0.25, 0.3) is 0 Å². The van der Waals surface area contributed by atoms with Gasteiger partial charge in [-0.05, 0) is 33.7 Å². The maximum absolute atomic E-state index is 12.2. The first-order valence-electron chi connectivity index (χ1n) is 6.99. The summed E-state index contributed by atoms with van der Waals surface area (Å²) in [5, 5.41) is 0. The normalized spacial score (nSPS) is 32.4. The zero-order valence-corrected chi connectivity index (χ0v) is 11.5. The largest absolute Gasteiger partial charge is 0.299 e. The van der Waals surface area contributed by atoms with E-state index in [2.05, 4.69) is 30.7 Å². The predicted octanol–water partition coefficient (Wildman–Crippen LogP) is 1.91. The van der Waals surface area contributed by atoms with E-state index in [1.165, 1.54) is 12.8 Å².